The van der Waals surface area contributed by atoms with Crippen LogP contribution < -0.4 is 10.1 Å². The van der Waals surface area contributed by atoms with Gasteiger partial charge in [-0.25, -0.2) is 0 Å². The lowest BCUT2D eigenvalue weighted by atomic mass is 9.35. The van der Waals surface area contributed by atoms with Gasteiger partial charge in [0.2, 0.25) is 11.8 Å². The molecule has 3 aliphatic heterocycles. The van der Waals surface area contributed by atoms with Crippen molar-refractivity contribution < 1.29 is 29.0 Å². The van der Waals surface area contributed by atoms with Crippen LogP contribution in [0.4, 0.5) is 0 Å². The Kier molecular flexibility index (Phi) is 7.36. The minimum Gasteiger partial charge on any atom is -0.489 e. The summed E-state index contributed by atoms with van der Waals surface area (Å²) in [5, 5.41) is 6.30. The van der Waals surface area contributed by atoms with Crippen LogP contribution in [0.1, 0.15) is 39.9 Å². The minimum absolute atomic E-state index is 0.152. The lowest BCUT2D eigenvalue weighted by molar-refractivity contribution is -0.220. The molecule has 9 nitrogen and oxygen atoms in total. The highest BCUT2D eigenvalue weighted by Gasteiger charge is 2.58. The number of amides is 3. The van der Waals surface area contributed by atoms with Gasteiger partial charge in [-0.2, -0.15) is 0 Å². The number of piperidine rings is 1. The predicted molar refractivity (Wildman–Crippen MR) is 153 cm³/mol. The average molecular weight is 534 g/mol. The summed E-state index contributed by atoms with van der Waals surface area (Å²) in [6.07, 6.45) is 0.436. The summed E-state index contributed by atoms with van der Waals surface area (Å²) in [7, 11) is 41.6. The molecule has 2 aromatic carbocycles. The molecule has 16 heteroatoms. The van der Waals surface area contributed by atoms with E-state index in [4.69, 9.17) is 64.4 Å². The Morgan fingerprint density at radius 3 is 2.27 bits per heavy atom. The Labute approximate surface area is 247 Å². The molecule has 0 spiro atoms. The second-order valence-electron chi connectivity index (χ2n) is 10.6. The number of carbonyl (C=O) groups is 3. The van der Waals surface area contributed by atoms with Crippen LogP contribution in [0.3, 0.4) is 0 Å². The Morgan fingerprint density at radius 2 is 1.61 bits per heavy atom. The number of hydrogen-bond acceptors (Lipinski definition) is 7. The maximum atomic E-state index is 13.0. The second-order valence-corrected chi connectivity index (χ2v) is 10.6. The van der Waals surface area contributed by atoms with Crippen LogP contribution in [0.5, 0.6) is 5.75 Å². The van der Waals surface area contributed by atoms with E-state index in [9.17, 15) is 19.5 Å². The SMILES string of the molecule is [B]C1([B])OC([B])([B])C([B])(O)N(Cc2ccc(COc3cccc4c3CN(C3CCC(=O)NC3=O)C4=O)cc2)C1([B])[B]. The minimum atomic E-state index is -2.55. The van der Waals surface area contributed by atoms with Gasteiger partial charge in [0.25, 0.3) is 5.91 Å². The van der Waals surface area contributed by atoms with Gasteiger partial charge in [-0.1, -0.05) is 30.3 Å². The van der Waals surface area contributed by atoms with Crippen molar-refractivity contribution in [3.8, 4) is 5.75 Å². The molecule has 2 fully saturated rings. The number of aliphatic hydroxyl groups is 1. The molecule has 3 amide bonds. The van der Waals surface area contributed by atoms with Crippen LogP contribution in [0.25, 0.3) is 0 Å². The zero-order valence-corrected chi connectivity index (χ0v) is 22.1. The van der Waals surface area contributed by atoms with Crippen LogP contribution in [0, 0.1) is 0 Å². The number of morpholine rings is 1. The van der Waals surface area contributed by atoms with Gasteiger partial charge < -0.3 is 19.5 Å². The number of carbonyl (C=O) groups excluding carboxylic acids is 3. The molecule has 14 radical (unpaired) electrons. The van der Waals surface area contributed by atoms with Gasteiger partial charge in [0, 0.05) is 29.5 Å². The third-order valence-corrected chi connectivity index (χ3v) is 7.69. The first-order chi connectivity index (χ1) is 19.0. The van der Waals surface area contributed by atoms with E-state index in [2.05, 4.69) is 5.32 Å². The lowest BCUT2D eigenvalue weighted by Gasteiger charge is -2.68. The molecule has 5 rings (SSSR count). The van der Waals surface area contributed by atoms with Gasteiger partial charge in [0.05, 0.1) is 43.6 Å². The third-order valence-electron chi connectivity index (χ3n) is 7.69. The highest BCUT2D eigenvalue weighted by atomic mass is 16.5. The van der Waals surface area contributed by atoms with Gasteiger partial charge in [-0.3, -0.25) is 24.6 Å². The normalized spacial score (nSPS) is 26.8. The van der Waals surface area contributed by atoms with E-state index in [-0.39, 0.29) is 44.4 Å². The van der Waals surface area contributed by atoms with E-state index in [1.807, 2.05) is 0 Å². The van der Waals surface area contributed by atoms with Gasteiger partial charge >= 0.3 is 0 Å². The summed E-state index contributed by atoms with van der Waals surface area (Å²) in [5.41, 5.74) is -0.0744. The molecule has 0 aliphatic carbocycles. The van der Waals surface area contributed by atoms with Crippen LogP contribution in [-0.4, -0.2) is 115 Å². The third kappa shape index (κ3) is 5.08. The molecule has 2 unspecified atom stereocenters. The first-order valence-electron chi connectivity index (χ1n) is 12.7. The topological polar surface area (TPSA) is 108 Å². The standard InChI is InChI=1S/C25H20B7N3O6/c26-22(27)23(28,29)41-24(30,31)25(32,39)35(22)10-13-4-6-14(7-5-13)12-40-18-3-1-2-15-16(18)11-34(21(15)38)17-8-9-19(36)33-20(17)37/h1-7,17,39H,8-12H2,(H,33,36,37). The molecule has 3 heterocycles. The molecule has 2 saturated heterocycles. The van der Waals surface area contributed by atoms with Gasteiger partial charge in [-0.05, 0) is 40.4 Å². The summed E-state index contributed by atoms with van der Waals surface area (Å²) in [6.45, 7) is 0.189. The van der Waals surface area contributed by atoms with Crippen LogP contribution in [0.2, 0.25) is 0 Å². The van der Waals surface area contributed by atoms with E-state index in [1.165, 1.54) is 4.90 Å². The fourth-order valence-electron chi connectivity index (χ4n) is 5.17. The van der Waals surface area contributed by atoms with E-state index in [0.29, 0.717) is 22.4 Å². The first kappa shape index (κ1) is 29.7. The van der Waals surface area contributed by atoms with Crippen LogP contribution >= 0.6 is 0 Å². The molecule has 2 N–H and O–H groups in total. The molecule has 0 bridgehead atoms. The fraction of sp³-hybridized carbons (Fsp3) is 0.400. The maximum Gasteiger partial charge on any atom is 0.255 e. The highest BCUT2D eigenvalue weighted by molar-refractivity contribution is 6.55. The average Bonchev–Trinajstić information content (AvgIpc) is 3.21. The van der Waals surface area contributed by atoms with Crippen molar-refractivity contribution in [2.45, 2.75) is 60.3 Å². The van der Waals surface area contributed by atoms with E-state index in [1.54, 1.807) is 42.5 Å². The summed E-state index contributed by atoms with van der Waals surface area (Å²) in [4.78, 5) is 39.3. The van der Waals surface area contributed by atoms with Crippen LogP contribution in [-0.2, 0) is 34.0 Å². The highest BCUT2D eigenvalue weighted by Crippen LogP contribution is 2.41. The number of ether oxygens (including phenoxy) is 2. The molecular weight excluding hydrogens is 514 g/mol. The molecule has 41 heavy (non-hydrogen) atoms. The number of nitrogens with zero attached hydrogens (tertiary/aromatic N) is 2. The van der Waals surface area contributed by atoms with Crippen molar-refractivity contribution in [1.29, 1.82) is 0 Å². The van der Waals surface area contributed by atoms with Gasteiger partial charge in [0.15, 0.2) is 0 Å². The zero-order valence-electron chi connectivity index (χ0n) is 22.1. The molecule has 192 valence electrons. The smallest absolute Gasteiger partial charge is 0.255 e. The quantitative estimate of drug-likeness (QED) is 0.316. The second kappa shape index (κ2) is 10.2. The number of hydrogen-bond donors (Lipinski definition) is 2. The van der Waals surface area contributed by atoms with E-state index >= 15 is 0 Å². The summed E-state index contributed by atoms with van der Waals surface area (Å²) in [6, 6.07) is 11.4. The van der Waals surface area contributed by atoms with Crippen LogP contribution in [0.15, 0.2) is 42.5 Å². The van der Waals surface area contributed by atoms with E-state index < -0.39 is 33.7 Å². The molecule has 2 atom stereocenters. The lowest BCUT2D eigenvalue weighted by Crippen LogP contribution is -2.85. The summed E-state index contributed by atoms with van der Waals surface area (Å²) in [5.74, 6) is -0.625. The monoisotopic (exact) mass is 535 g/mol. The van der Waals surface area contributed by atoms with Gasteiger partial charge in [-0.15, -0.1) is 0 Å². The largest absolute Gasteiger partial charge is 0.489 e. The van der Waals surface area contributed by atoms with Crippen molar-refractivity contribution >= 4 is 72.6 Å². The Bertz CT molecular complexity index is 1380. The summed E-state index contributed by atoms with van der Waals surface area (Å²) >= 11 is 0. The van der Waals surface area contributed by atoms with Crippen molar-refractivity contribution in [3.63, 3.8) is 0 Å². The number of rotatable bonds is 6. The zero-order chi connectivity index (χ0) is 30.0. The molecule has 0 saturated carbocycles. The van der Waals surface area contributed by atoms with E-state index in [0.717, 1.165) is 10.5 Å². The van der Waals surface area contributed by atoms with Crippen molar-refractivity contribution in [2.75, 3.05) is 0 Å². The molecule has 3 aliphatic rings. The van der Waals surface area contributed by atoms with Crippen molar-refractivity contribution in [2.24, 2.45) is 0 Å². The fourth-order valence-corrected chi connectivity index (χ4v) is 5.17. The first-order valence-corrected chi connectivity index (χ1v) is 12.7. The number of benzene rings is 2. The number of imide groups is 1. The predicted octanol–water partition coefficient (Wildman–Crippen LogP) is -2.35. The molecular formula is C25H20B7N3O6. The Balaban J connectivity index is 1.28. The molecule has 0 aromatic heterocycles. The molecule has 2 aromatic rings. The maximum absolute atomic E-state index is 13.0. The number of fused-ring (bicyclic) bond motifs is 1. The Hall–Kier alpha value is -2.82. The van der Waals surface area contributed by atoms with Crippen molar-refractivity contribution in [3.05, 3.63) is 64.7 Å². The Morgan fingerprint density at radius 1 is 0.951 bits per heavy atom. The van der Waals surface area contributed by atoms with Gasteiger partial charge in [0.1, 0.15) is 41.9 Å². The van der Waals surface area contributed by atoms with Crippen molar-refractivity contribution in [1.82, 2.24) is 15.1 Å². The summed E-state index contributed by atoms with van der Waals surface area (Å²) < 4.78 is 11.2. The number of nitrogens with one attached hydrogen (secondary N) is 1.